The van der Waals surface area contributed by atoms with Gasteiger partial charge >= 0.3 is 6.18 Å². The van der Waals surface area contributed by atoms with Gasteiger partial charge in [-0.3, -0.25) is 14.4 Å². The van der Waals surface area contributed by atoms with Crippen molar-refractivity contribution in [2.24, 2.45) is 0 Å². The van der Waals surface area contributed by atoms with Crippen molar-refractivity contribution in [1.82, 2.24) is 15.1 Å². The minimum atomic E-state index is -4.50. The molecule has 0 aromatic heterocycles. The number of benzene rings is 1. The molecule has 1 unspecified atom stereocenters. The fraction of sp³-hybridized carbons (Fsp3) is 0.526. The van der Waals surface area contributed by atoms with Crippen LogP contribution in [0.5, 0.6) is 0 Å². The van der Waals surface area contributed by atoms with Crippen molar-refractivity contribution >= 4 is 28.8 Å². The molecule has 0 saturated carbocycles. The molecule has 158 valence electrons. The Morgan fingerprint density at radius 1 is 1.21 bits per heavy atom. The van der Waals surface area contributed by atoms with Gasteiger partial charge in [0.05, 0.1) is 11.6 Å². The van der Waals surface area contributed by atoms with E-state index in [2.05, 4.69) is 5.32 Å². The van der Waals surface area contributed by atoms with Gasteiger partial charge in [-0.1, -0.05) is 23.9 Å². The summed E-state index contributed by atoms with van der Waals surface area (Å²) in [5, 5.41) is 2.68. The molecule has 0 bridgehead atoms. The number of amides is 3. The lowest BCUT2D eigenvalue weighted by Crippen LogP contribution is -2.39. The summed E-state index contributed by atoms with van der Waals surface area (Å²) >= 11 is 1.20. The van der Waals surface area contributed by atoms with Crippen LogP contribution in [0.25, 0.3) is 0 Å². The zero-order chi connectivity index (χ0) is 21.0. The van der Waals surface area contributed by atoms with E-state index in [4.69, 9.17) is 0 Å². The number of hydrogen-bond acceptors (Lipinski definition) is 4. The van der Waals surface area contributed by atoms with E-state index in [0.29, 0.717) is 37.2 Å². The summed E-state index contributed by atoms with van der Waals surface area (Å²) in [6, 6.07) is 4.03. The van der Waals surface area contributed by atoms with Gasteiger partial charge in [-0.05, 0) is 24.1 Å². The van der Waals surface area contributed by atoms with Crippen molar-refractivity contribution < 1.29 is 27.6 Å². The first-order chi connectivity index (χ1) is 13.7. The number of likely N-dealkylation sites (tertiary alicyclic amines) is 1. The number of carbonyl (C=O) groups is 3. The zero-order valence-electron chi connectivity index (χ0n) is 15.7. The SMILES string of the molecule is O=C(CCN1CCSC1=O)NC(CN1CCCC1=O)c1cccc(C(F)(F)F)c1. The van der Waals surface area contributed by atoms with Crippen molar-refractivity contribution in [3.63, 3.8) is 0 Å². The number of hydrogen-bond donors (Lipinski definition) is 1. The average Bonchev–Trinajstić information content (AvgIpc) is 3.27. The first-order valence-electron chi connectivity index (χ1n) is 9.40. The lowest BCUT2D eigenvalue weighted by molar-refractivity contribution is -0.137. The van der Waals surface area contributed by atoms with Crippen molar-refractivity contribution in [2.45, 2.75) is 31.5 Å². The van der Waals surface area contributed by atoms with Crippen molar-refractivity contribution in [3.8, 4) is 0 Å². The molecule has 2 aliphatic rings. The minimum absolute atomic E-state index is 0.0513. The molecule has 2 fully saturated rings. The van der Waals surface area contributed by atoms with Crippen LogP contribution in [0.1, 0.15) is 36.4 Å². The second-order valence-corrected chi connectivity index (χ2v) is 8.08. The third-order valence-electron chi connectivity index (χ3n) is 4.98. The predicted molar refractivity (Wildman–Crippen MR) is 102 cm³/mol. The molecule has 0 aliphatic carbocycles. The molecule has 6 nitrogen and oxygen atoms in total. The second-order valence-electron chi connectivity index (χ2n) is 7.04. The Labute approximate surface area is 170 Å². The topological polar surface area (TPSA) is 69.7 Å². The minimum Gasteiger partial charge on any atom is -0.347 e. The van der Waals surface area contributed by atoms with Crippen LogP contribution in [0, 0.1) is 0 Å². The van der Waals surface area contributed by atoms with E-state index in [9.17, 15) is 27.6 Å². The fourth-order valence-electron chi connectivity index (χ4n) is 3.42. The molecular weight excluding hydrogens is 407 g/mol. The lowest BCUT2D eigenvalue weighted by Gasteiger charge is -2.26. The van der Waals surface area contributed by atoms with E-state index in [1.807, 2.05) is 0 Å². The molecular formula is C19H22F3N3O3S. The van der Waals surface area contributed by atoms with E-state index >= 15 is 0 Å². The monoisotopic (exact) mass is 429 g/mol. The molecule has 1 aromatic carbocycles. The van der Waals surface area contributed by atoms with Gasteiger partial charge in [-0.25, -0.2) is 0 Å². The number of nitrogens with zero attached hydrogens (tertiary/aromatic N) is 2. The quantitative estimate of drug-likeness (QED) is 0.724. The third kappa shape index (κ3) is 5.65. The first-order valence-corrected chi connectivity index (χ1v) is 10.4. The lowest BCUT2D eigenvalue weighted by atomic mass is 10.0. The average molecular weight is 429 g/mol. The maximum Gasteiger partial charge on any atom is 0.416 e. The van der Waals surface area contributed by atoms with Crippen LogP contribution in [0.2, 0.25) is 0 Å². The summed E-state index contributed by atoms with van der Waals surface area (Å²) in [5.41, 5.74) is -0.512. The Morgan fingerprint density at radius 3 is 2.62 bits per heavy atom. The molecule has 1 atom stereocenters. The summed E-state index contributed by atoms with van der Waals surface area (Å²) in [5.74, 6) is 0.240. The van der Waals surface area contributed by atoms with Crippen LogP contribution in [0.15, 0.2) is 24.3 Å². The summed E-state index contributed by atoms with van der Waals surface area (Å²) < 4.78 is 39.3. The molecule has 3 amide bonds. The van der Waals surface area contributed by atoms with Gasteiger partial charge in [0.15, 0.2) is 0 Å². The molecule has 0 spiro atoms. The number of thioether (sulfide) groups is 1. The summed E-state index contributed by atoms with van der Waals surface area (Å²) in [6.07, 6.45) is -3.35. The van der Waals surface area contributed by atoms with Gasteiger partial charge in [0.25, 0.3) is 5.24 Å². The van der Waals surface area contributed by atoms with Crippen LogP contribution < -0.4 is 5.32 Å². The Kier molecular flexibility index (Phi) is 6.71. The van der Waals surface area contributed by atoms with E-state index in [0.717, 1.165) is 12.1 Å². The van der Waals surface area contributed by atoms with Crippen molar-refractivity contribution in [1.29, 1.82) is 0 Å². The third-order valence-corrected chi connectivity index (χ3v) is 5.87. The van der Waals surface area contributed by atoms with Crippen LogP contribution in [0.3, 0.4) is 0 Å². The second kappa shape index (κ2) is 9.06. The van der Waals surface area contributed by atoms with Crippen LogP contribution in [0.4, 0.5) is 18.0 Å². The first kappa shape index (κ1) is 21.5. The smallest absolute Gasteiger partial charge is 0.347 e. The molecule has 29 heavy (non-hydrogen) atoms. The Morgan fingerprint density at radius 2 is 2.00 bits per heavy atom. The highest BCUT2D eigenvalue weighted by molar-refractivity contribution is 8.13. The maximum absolute atomic E-state index is 13.1. The summed E-state index contributed by atoms with van der Waals surface area (Å²) in [4.78, 5) is 39.2. The highest BCUT2D eigenvalue weighted by Gasteiger charge is 2.32. The van der Waals surface area contributed by atoms with Gasteiger partial charge in [0, 0.05) is 44.8 Å². The molecule has 2 aliphatic heterocycles. The Bertz CT molecular complexity index is 787. The molecule has 2 heterocycles. The number of rotatable bonds is 7. The van der Waals surface area contributed by atoms with Gasteiger partial charge < -0.3 is 15.1 Å². The van der Waals surface area contributed by atoms with E-state index in [1.165, 1.54) is 23.9 Å². The number of carbonyl (C=O) groups excluding carboxylic acids is 3. The largest absolute Gasteiger partial charge is 0.416 e. The molecule has 0 radical (unpaired) electrons. The molecule has 10 heteroatoms. The zero-order valence-corrected chi connectivity index (χ0v) is 16.5. The number of alkyl halides is 3. The van der Waals surface area contributed by atoms with Gasteiger partial charge in [-0.2, -0.15) is 13.2 Å². The normalized spacial score (nSPS) is 18.4. The molecule has 2 saturated heterocycles. The highest BCUT2D eigenvalue weighted by Crippen LogP contribution is 2.31. The van der Waals surface area contributed by atoms with Crippen LogP contribution in [-0.4, -0.2) is 58.8 Å². The van der Waals surface area contributed by atoms with E-state index < -0.39 is 17.8 Å². The highest BCUT2D eigenvalue weighted by atomic mass is 32.2. The van der Waals surface area contributed by atoms with Gasteiger partial charge in [0.1, 0.15) is 0 Å². The molecule has 1 N–H and O–H groups in total. The maximum atomic E-state index is 13.1. The van der Waals surface area contributed by atoms with E-state index in [-0.39, 0.29) is 36.6 Å². The fourth-order valence-corrected chi connectivity index (χ4v) is 4.27. The van der Waals surface area contributed by atoms with Crippen LogP contribution >= 0.6 is 11.8 Å². The van der Waals surface area contributed by atoms with Gasteiger partial charge in [0.2, 0.25) is 11.8 Å². The molecule has 3 rings (SSSR count). The Balaban J connectivity index is 1.71. The molecule has 1 aromatic rings. The van der Waals surface area contributed by atoms with Gasteiger partial charge in [-0.15, -0.1) is 0 Å². The van der Waals surface area contributed by atoms with Crippen LogP contribution in [-0.2, 0) is 15.8 Å². The number of halogens is 3. The summed E-state index contributed by atoms with van der Waals surface area (Å²) in [6.45, 7) is 1.47. The van der Waals surface area contributed by atoms with E-state index in [1.54, 1.807) is 9.80 Å². The predicted octanol–water partition coefficient (Wildman–Crippen LogP) is 3.04. The standard InChI is InChI=1S/C19H22F3N3O3S/c20-19(21,22)14-4-1-3-13(11-14)15(12-25-7-2-5-17(25)27)23-16(26)6-8-24-9-10-29-18(24)28/h1,3-4,11,15H,2,5-10,12H2,(H,23,26). The van der Waals surface area contributed by atoms with Crippen molar-refractivity contribution in [2.75, 3.05) is 31.9 Å². The summed E-state index contributed by atoms with van der Waals surface area (Å²) in [7, 11) is 0. The number of nitrogens with one attached hydrogen (secondary N) is 1. The van der Waals surface area contributed by atoms with Crippen molar-refractivity contribution in [3.05, 3.63) is 35.4 Å². The Hall–Kier alpha value is -2.23.